The molecule has 0 aliphatic carbocycles. The first-order valence-electron chi connectivity index (χ1n) is 11.3. The van der Waals surface area contributed by atoms with Crippen LogP contribution in [0.2, 0.25) is 0 Å². The lowest BCUT2D eigenvalue weighted by Crippen LogP contribution is -2.30. The van der Waals surface area contributed by atoms with Crippen molar-refractivity contribution < 1.29 is 18.4 Å². The molecule has 0 radical (unpaired) electrons. The number of fused-ring (bicyclic) bond motifs is 2. The predicted octanol–water partition coefficient (Wildman–Crippen LogP) is 4.52. The molecule has 4 aromatic rings. The number of carbonyl (C=O) groups is 2. The Balaban J connectivity index is 1.57. The van der Waals surface area contributed by atoms with Crippen molar-refractivity contribution in [3.63, 3.8) is 0 Å². The topological polar surface area (TPSA) is 92.7 Å². The third-order valence-corrected chi connectivity index (χ3v) is 5.76. The van der Waals surface area contributed by atoms with Gasteiger partial charge in [-0.2, -0.15) is 0 Å². The third-order valence-electron chi connectivity index (χ3n) is 5.76. The maximum atomic E-state index is 12.6. The Bertz CT molecular complexity index is 1200. The van der Waals surface area contributed by atoms with Crippen LogP contribution < -0.4 is 0 Å². The molecule has 0 atom stereocenters. The number of benzene rings is 2. The van der Waals surface area contributed by atoms with Crippen molar-refractivity contribution in [2.24, 2.45) is 0 Å². The molecular formula is C25H28N4O4. The fourth-order valence-corrected chi connectivity index (χ4v) is 3.88. The normalized spacial score (nSPS) is 11.3. The second-order valence-electron chi connectivity index (χ2n) is 7.71. The molecule has 8 nitrogen and oxygen atoms in total. The third kappa shape index (κ3) is 4.46. The number of amides is 2. The number of oxazole rings is 2. The highest BCUT2D eigenvalue weighted by molar-refractivity contribution is 5.97. The lowest BCUT2D eigenvalue weighted by Gasteiger charge is -2.18. The van der Waals surface area contributed by atoms with Crippen molar-refractivity contribution in [1.29, 1.82) is 0 Å². The SMILES string of the molecule is CCN(CC)C(=O)c1ccc2oc(Cc3nc4cc(C(=O)N(CC)CC)ccc4o3)nc2c1. The minimum atomic E-state index is -0.0273. The number of hydrogen-bond acceptors (Lipinski definition) is 6. The molecule has 0 saturated heterocycles. The maximum absolute atomic E-state index is 12.6. The average Bonchev–Trinajstić information content (AvgIpc) is 3.42. The van der Waals surface area contributed by atoms with Gasteiger partial charge in [0.05, 0.1) is 0 Å². The fraction of sp³-hybridized carbons (Fsp3) is 0.360. The van der Waals surface area contributed by atoms with E-state index < -0.39 is 0 Å². The number of aromatic nitrogens is 2. The Labute approximate surface area is 192 Å². The molecule has 8 heteroatoms. The minimum Gasteiger partial charge on any atom is -0.440 e. The first-order valence-corrected chi connectivity index (χ1v) is 11.3. The first kappa shape index (κ1) is 22.5. The molecule has 0 N–H and O–H groups in total. The van der Waals surface area contributed by atoms with Crippen molar-refractivity contribution in [2.75, 3.05) is 26.2 Å². The van der Waals surface area contributed by atoms with Crippen LogP contribution in [-0.2, 0) is 6.42 Å². The van der Waals surface area contributed by atoms with Crippen LogP contribution in [-0.4, -0.2) is 57.8 Å². The zero-order valence-electron chi connectivity index (χ0n) is 19.4. The van der Waals surface area contributed by atoms with Crippen LogP contribution in [0.1, 0.15) is 60.2 Å². The number of nitrogens with zero attached hydrogens (tertiary/aromatic N) is 4. The van der Waals surface area contributed by atoms with Crippen LogP contribution in [0.25, 0.3) is 22.2 Å². The molecule has 0 saturated carbocycles. The Morgan fingerprint density at radius 3 is 1.45 bits per heavy atom. The highest BCUT2D eigenvalue weighted by Crippen LogP contribution is 2.23. The first-order chi connectivity index (χ1) is 16.0. The molecule has 2 amide bonds. The molecule has 0 fully saturated rings. The molecule has 2 heterocycles. The zero-order valence-corrected chi connectivity index (χ0v) is 19.4. The monoisotopic (exact) mass is 448 g/mol. The van der Waals surface area contributed by atoms with Gasteiger partial charge in [0.1, 0.15) is 17.5 Å². The summed E-state index contributed by atoms with van der Waals surface area (Å²) in [6.07, 6.45) is 0.266. The smallest absolute Gasteiger partial charge is 0.253 e. The lowest BCUT2D eigenvalue weighted by atomic mass is 10.2. The Kier molecular flexibility index (Phi) is 6.44. The van der Waals surface area contributed by atoms with Crippen LogP contribution in [0.3, 0.4) is 0 Å². The fourth-order valence-electron chi connectivity index (χ4n) is 3.88. The number of hydrogen-bond donors (Lipinski definition) is 0. The average molecular weight is 449 g/mol. The molecule has 4 rings (SSSR count). The van der Waals surface area contributed by atoms with Gasteiger partial charge in [-0.15, -0.1) is 0 Å². The second kappa shape index (κ2) is 9.44. The quantitative estimate of drug-likeness (QED) is 0.393. The van der Waals surface area contributed by atoms with E-state index in [1.807, 2.05) is 27.7 Å². The molecule has 2 aromatic carbocycles. The van der Waals surface area contributed by atoms with Crippen molar-refractivity contribution in [3.8, 4) is 0 Å². The van der Waals surface area contributed by atoms with E-state index in [0.29, 0.717) is 71.3 Å². The summed E-state index contributed by atoms with van der Waals surface area (Å²) in [7, 11) is 0. The van der Waals surface area contributed by atoms with Crippen LogP contribution in [0.5, 0.6) is 0 Å². The van der Waals surface area contributed by atoms with E-state index in [9.17, 15) is 9.59 Å². The lowest BCUT2D eigenvalue weighted by molar-refractivity contribution is 0.0765. The summed E-state index contributed by atoms with van der Waals surface area (Å²) >= 11 is 0. The van der Waals surface area contributed by atoms with Gasteiger partial charge in [-0.05, 0) is 64.1 Å². The van der Waals surface area contributed by atoms with E-state index in [1.165, 1.54) is 0 Å². The number of rotatable bonds is 8. The van der Waals surface area contributed by atoms with E-state index in [-0.39, 0.29) is 18.2 Å². The van der Waals surface area contributed by atoms with Gasteiger partial charge in [0.15, 0.2) is 11.2 Å². The highest BCUT2D eigenvalue weighted by atomic mass is 16.4. The van der Waals surface area contributed by atoms with Gasteiger partial charge >= 0.3 is 0 Å². The van der Waals surface area contributed by atoms with E-state index in [0.717, 1.165) is 0 Å². The summed E-state index contributed by atoms with van der Waals surface area (Å²) in [5.41, 5.74) is 3.60. The van der Waals surface area contributed by atoms with Crippen molar-refractivity contribution >= 4 is 34.0 Å². The van der Waals surface area contributed by atoms with Crippen LogP contribution in [0.15, 0.2) is 45.2 Å². The van der Waals surface area contributed by atoms with Gasteiger partial charge in [0, 0.05) is 37.3 Å². The summed E-state index contributed by atoms with van der Waals surface area (Å²) in [4.78, 5) is 37.8. The molecule has 172 valence electrons. The molecule has 0 unspecified atom stereocenters. The standard InChI is InChI=1S/C25H28N4O4/c1-5-28(6-2)24(30)16-9-11-20-18(13-16)26-22(32-20)15-23-27-19-14-17(10-12-21(19)33-23)25(31)29(7-3)8-4/h9-14H,5-8,15H2,1-4H3. The summed E-state index contributed by atoms with van der Waals surface area (Å²) in [5.74, 6) is 0.841. The summed E-state index contributed by atoms with van der Waals surface area (Å²) in [5, 5.41) is 0. The van der Waals surface area contributed by atoms with Gasteiger partial charge in [-0.1, -0.05) is 0 Å². The van der Waals surface area contributed by atoms with E-state index in [1.54, 1.807) is 46.2 Å². The maximum Gasteiger partial charge on any atom is 0.253 e. The molecule has 0 bridgehead atoms. The van der Waals surface area contributed by atoms with Crippen LogP contribution in [0, 0.1) is 0 Å². The molecule has 0 spiro atoms. The molecule has 0 aliphatic rings. The van der Waals surface area contributed by atoms with Gasteiger partial charge < -0.3 is 18.6 Å². The van der Waals surface area contributed by atoms with Crippen molar-refractivity contribution in [1.82, 2.24) is 19.8 Å². The van der Waals surface area contributed by atoms with Gasteiger partial charge in [0.25, 0.3) is 11.8 Å². The zero-order chi connectivity index (χ0) is 23.5. The molecule has 0 aliphatic heterocycles. The van der Waals surface area contributed by atoms with E-state index >= 15 is 0 Å². The van der Waals surface area contributed by atoms with Crippen molar-refractivity contribution in [2.45, 2.75) is 34.1 Å². The Morgan fingerprint density at radius 1 is 0.697 bits per heavy atom. The van der Waals surface area contributed by atoms with E-state index in [4.69, 9.17) is 8.83 Å². The number of carbonyl (C=O) groups excluding carboxylic acids is 2. The second-order valence-corrected chi connectivity index (χ2v) is 7.71. The van der Waals surface area contributed by atoms with E-state index in [2.05, 4.69) is 9.97 Å². The highest BCUT2D eigenvalue weighted by Gasteiger charge is 2.18. The largest absolute Gasteiger partial charge is 0.440 e. The van der Waals surface area contributed by atoms with Gasteiger partial charge in [-0.25, -0.2) is 9.97 Å². The molecule has 33 heavy (non-hydrogen) atoms. The van der Waals surface area contributed by atoms with Crippen LogP contribution >= 0.6 is 0 Å². The van der Waals surface area contributed by atoms with Crippen LogP contribution in [0.4, 0.5) is 0 Å². The summed E-state index contributed by atoms with van der Waals surface area (Å²) in [6.45, 7) is 10.4. The Hall–Kier alpha value is -3.68. The summed E-state index contributed by atoms with van der Waals surface area (Å²) < 4.78 is 11.7. The van der Waals surface area contributed by atoms with Gasteiger partial charge in [0.2, 0.25) is 11.8 Å². The van der Waals surface area contributed by atoms with Crippen molar-refractivity contribution in [3.05, 3.63) is 59.3 Å². The molecule has 2 aromatic heterocycles. The minimum absolute atomic E-state index is 0.0273. The van der Waals surface area contributed by atoms with Gasteiger partial charge in [-0.3, -0.25) is 9.59 Å². The molecular weight excluding hydrogens is 420 g/mol. The Morgan fingerprint density at radius 2 is 1.09 bits per heavy atom. The summed E-state index contributed by atoms with van der Waals surface area (Å²) in [6, 6.07) is 10.5. The predicted molar refractivity (Wildman–Crippen MR) is 125 cm³/mol.